The number of carbonyl (C=O) groups is 1. The smallest absolute Gasteiger partial charge is 0.328 e. The van der Waals surface area contributed by atoms with Crippen molar-refractivity contribution >= 4 is 16.9 Å². The van der Waals surface area contributed by atoms with Crippen molar-refractivity contribution in [2.24, 2.45) is 0 Å². The Morgan fingerprint density at radius 1 is 1.32 bits per heavy atom. The van der Waals surface area contributed by atoms with Crippen LogP contribution in [-0.2, 0) is 16.0 Å². The maximum atomic E-state index is 12.0. The van der Waals surface area contributed by atoms with Crippen molar-refractivity contribution in [2.45, 2.75) is 38.6 Å². The zero-order chi connectivity index (χ0) is 15.7. The van der Waals surface area contributed by atoms with Crippen LogP contribution >= 0.6 is 0 Å². The molecule has 0 radical (unpaired) electrons. The van der Waals surface area contributed by atoms with Gasteiger partial charge in [-0.1, -0.05) is 24.6 Å². The van der Waals surface area contributed by atoms with Crippen molar-refractivity contribution in [2.75, 3.05) is 7.11 Å². The topological polar surface area (TPSA) is 54.1 Å². The van der Waals surface area contributed by atoms with Crippen molar-refractivity contribution < 1.29 is 9.53 Å². The number of hydrogen-bond acceptors (Lipinski definition) is 3. The number of benzene rings is 1. The highest BCUT2D eigenvalue weighted by atomic mass is 16.5. The summed E-state index contributed by atoms with van der Waals surface area (Å²) in [6.45, 7) is 4.35. The van der Waals surface area contributed by atoms with Gasteiger partial charge in [-0.25, -0.2) is 4.79 Å². The fourth-order valence-corrected chi connectivity index (χ4v) is 3.32. The molecule has 0 amide bonds. The molecule has 2 atom stereocenters. The summed E-state index contributed by atoms with van der Waals surface area (Å²) in [7, 11) is 1.43. The van der Waals surface area contributed by atoms with E-state index < -0.39 is 0 Å². The summed E-state index contributed by atoms with van der Waals surface area (Å²) in [5.74, 6) is 0.204. The van der Waals surface area contributed by atoms with Crippen LogP contribution in [0, 0.1) is 0 Å². The fraction of sp³-hybridized carbons (Fsp3) is 0.389. The molecule has 1 aromatic carbocycles. The maximum absolute atomic E-state index is 12.0. The summed E-state index contributed by atoms with van der Waals surface area (Å²) in [6.07, 6.45) is 5.54. The first-order valence-electron chi connectivity index (χ1n) is 7.68. The Hall–Kier alpha value is -2.23. The molecule has 0 saturated carbocycles. The Bertz CT molecular complexity index is 730. The number of ether oxygens (including phenoxy) is 1. The molecule has 0 aliphatic carbocycles. The molecule has 0 spiro atoms. The Balaban J connectivity index is 2.13. The molecule has 0 bridgehead atoms. The van der Waals surface area contributed by atoms with Crippen LogP contribution in [0.3, 0.4) is 0 Å². The lowest BCUT2D eigenvalue weighted by Crippen LogP contribution is -2.36. The quantitative estimate of drug-likeness (QED) is 0.795. The first-order chi connectivity index (χ1) is 10.6. The monoisotopic (exact) mass is 298 g/mol. The van der Waals surface area contributed by atoms with E-state index in [9.17, 15) is 4.79 Å². The van der Waals surface area contributed by atoms with Crippen LogP contribution in [0.15, 0.2) is 36.2 Å². The van der Waals surface area contributed by atoms with Crippen LogP contribution < -0.4 is 5.32 Å². The van der Waals surface area contributed by atoms with Gasteiger partial charge in [0.1, 0.15) is 6.04 Å². The summed E-state index contributed by atoms with van der Waals surface area (Å²) in [5, 5.41) is 4.47. The third-order valence-electron chi connectivity index (χ3n) is 4.42. The molecule has 1 aliphatic rings. The number of aromatic amines is 1. The fourth-order valence-electron chi connectivity index (χ4n) is 3.32. The number of H-pyrrole nitrogens is 1. The van der Waals surface area contributed by atoms with Gasteiger partial charge in [-0.3, -0.25) is 0 Å². The number of nitrogens with one attached hydrogen (secondary N) is 2. The summed E-state index contributed by atoms with van der Waals surface area (Å²) in [5.41, 5.74) is 4.86. The highest BCUT2D eigenvalue weighted by Gasteiger charge is 2.23. The number of allylic oxidation sites excluding steroid dienone is 1. The van der Waals surface area contributed by atoms with Crippen molar-refractivity contribution in [3.63, 3.8) is 0 Å². The van der Waals surface area contributed by atoms with Crippen LogP contribution in [0.1, 0.15) is 37.3 Å². The summed E-state index contributed by atoms with van der Waals surface area (Å²) in [4.78, 5) is 15.4. The Kier molecular flexibility index (Phi) is 3.92. The van der Waals surface area contributed by atoms with E-state index >= 15 is 0 Å². The second-order valence-corrected chi connectivity index (χ2v) is 6.13. The summed E-state index contributed by atoms with van der Waals surface area (Å²) in [6, 6.07) is 6.01. The van der Waals surface area contributed by atoms with Crippen molar-refractivity contribution in [1.29, 1.82) is 0 Å². The predicted octanol–water partition coefficient (Wildman–Crippen LogP) is 3.25. The average Bonchev–Trinajstić information content (AvgIpc) is 2.93. The van der Waals surface area contributed by atoms with Gasteiger partial charge in [0.25, 0.3) is 0 Å². The second kappa shape index (κ2) is 5.87. The van der Waals surface area contributed by atoms with E-state index in [-0.39, 0.29) is 12.0 Å². The lowest BCUT2D eigenvalue weighted by molar-refractivity contribution is -0.142. The zero-order valence-corrected chi connectivity index (χ0v) is 13.3. The molecule has 2 heterocycles. The number of methoxy groups -OCH3 is 1. The minimum atomic E-state index is -0.361. The standard InChI is InChI=1S/C18H22N2O2/c1-11-7-12(2)14-5-4-6-15-17(14)13(10-20-15)8-16(19-9-11)18(21)22-3/h4-6,9-10,12,16,19-20H,7-8H2,1-3H3/b11-9-. The lowest BCUT2D eigenvalue weighted by Gasteiger charge is -2.20. The predicted molar refractivity (Wildman–Crippen MR) is 87.7 cm³/mol. The van der Waals surface area contributed by atoms with Crippen molar-refractivity contribution in [3.05, 3.63) is 47.3 Å². The van der Waals surface area contributed by atoms with Gasteiger partial charge in [-0.2, -0.15) is 0 Å². The molecule has 116 valence electrons. The molecule has 2 N–H and O–H groups in total. The number of carbonyl (C=O) groups excluding carboxylic acids is 1. The van der Waals surface area contributed by atoms with Crippen LogP contribution in [0.5, 0.6) is 0 Å². The molecule has 22 heavy (non-hydrogen) atoms. The first kappa shape index (κ1) is 14.7. The second-order valence-electron chi connectivity index (χ2n) is 6.13. The first-order valence-corrected chi connectivity index (χ1v) is 7.68. The minimum absolute atomic E-state index is 0.232. The average molecular weight is 298 g/mol. The number of hydrogen-bond donors (Lipinski definition) is 2. The lowest BCUT2D eigenvalue weighted by atomic mass is 9.89. The van der Waals surface area contributed by atoms with Crippen molar-refractivity contribution in [3.8, 4) is 0 Å². The largest absolute Gasteiger partial charge is 0.467 e. The van der Waals surface area contributed by atoms with Gasteiger partial charge in [0.15, 0.2) is 0 Å². The van der Waals surface area contributed by atoms with Crippen LogP contribution in [0.4, 0.5) is 0 Å². The molecular formula is C18H22N2O2. The zero-order valence-electron chi connectivity index (χ0n) is 13.3. The van der Waals surface area contributed by atoms with Crippen LogP contribution in [0.25, 0.3) is 10.9 Å². The maximum Gasteiger partial charge on any atom is 0.328 e. The Morgan fingerprint density at radius 2 is 2.14 bits per heavy atom. The minimum Gasteiger partial charge on any atom is -0.467 e. The molecule has 0 fully saturated rings. The third kappa shape index (κ3) is 2.61. The van der Waals surface area contributed by atoms with E-state index in [0.29, 0.717) is 12.3 Å². The SMILES string of the molecule is COC(=O)C1Cc2c[nH]c3cccc(c23)C(C)C/C(C)=C\N1. The highest BCUT2D eigenvalue weighted by Crippen LogP contribution is 2.33. The third-order valence-corrected chi connectivity index (χ3v) is 4.42. The van der Waals surface area contributed by atoms with Crippen LogP contribution in [0.2, 0.25) is 0 Å². The molecule has 0 saturated heterocycles. The van der Waals surface area contributed by atoms with Gasteiger partial charge in [0.2, 0.25) is 0 Å². The Morgan fingerprint density at radius 3 is 2.91 bits per heavy atom. The number of esters is 1. The number of rotatable bonds is 1. The van der Waals surface area contributed by atoms with E-state index in [0.717, 1.165) is 17.5 Å². The number of aromatic nitrogens is 1. The van der Waals surface area contributed by atoms with E-state index in [1.54, 1.807) is 0 Å². The molecule has 4 heteroatoms. The molecule has 1 aromatic heterocycles. The molecule has 2 aromatic rings. The van der Waals surface area contributed by atoms with E-state index in [4.69, 9.17) is 4.74 Å². The van der Waals surface area contributed by atoms with Gasteiger partial charge < -0.3 is 15.0 Å². The van der Waals surface area contributed by atoms with E-state index in [1.807, 2.05) is 12.4 Å². The van der Waals surface area contributed by atoms with Gasteiger partial charge in [-0.15, -0.1) is 0 Å². The summed E-state index contributed by atoms with van der Waals surface area (Å²) >= 11 is 0. The van der Waals surface area contributed by atoms with Crippen molar-refractivity contribution in [1.82, 2.24) is 10.3 Å². The molecule has 1 aliphatic heterocycles. The van der Waals surface area contributed by atoms with E-state index in [2.05, 4.69) is 42.3 Å². The Labute approximate surface area is 130 Å². The highest BCUT2D eigenvalue weighted by molar-refractivity contribution is 5.88. The van der Waals surface area contributed by atoms with Gasteiger partial charge in [-0.05, 0) is 42.7 Å². The van der Waals surface area contributed by atoms with Gasteiger partial charge >= 0.3 is 5.97 Å². The van der Waals surface area contributed by atoms with Gasteiger partial charge in [0.05, 0.1) is 7.11 Å². The molecule has 3 rings (SSSR count). The van der Waals surface area contributed by atoms with E-state index in [1.165, 1.54) is 23.6 Å². The van der Waals surface area contributed by atoms with Crippen LogP contribution in [-0.4, -0.2) is 24.1 Å². The normalized spacial score (nSPS) is 24.2. The molecule has 2 unspecified atom stereocenters. The molecular weight excluding hydrogens is 276 g/mol. The summed E-state index contributed by atoms with van der Waals surface area (Å²) < 4.78 is 4.93. The molecule has 4 nitrogen and oxygen atoms in total. The van der Waals surface area contributed by atoms with Gasteiger partial charge in [0, 0.05) is 23.5 Å².